The number of anilines is 1. The van der Waals surface area contributed by atoms with Gasteiger partial charge >= 0.3 is 12.4 Å². The zero-order valence-corrected chi connectivity index (χ0v) is 19.2. The molecule has 0 aliphatic carbocycles. The van der Waals surface area contributed by atoms with Gasteiger partial charge in [0.2, 0.25) is 0 Å². The molecule has 0 radical (unpaired) electrons. The summed E-state index contributed by atoms with van der Waals surface area (Å²) in [6.07, 6.45) is -10.8. The molecule has 3 aromatic rings. The van der Waals surface area contributed by atoms with E-state index in [-0.39, 0.29) is 41.2 Å². The highest BCUT2D eigenvalue weighted by molar-refractivity contribution is 6.03. The first-order valence-corrected chi connectivity index (χ1v) is 10.6. The minimum atomic E-state index is -5.00. The number of nitrogens with two attached hydrogens (primary N) is 2. The van der Waals surface area contributed by atoms with E-state index in [4.69, 9.17) is 11.5 Å². The second-order valence-corrected chi connectivity index (χ2v) is 8.51. The molecule has 0 aliphatic heterocycles. The van der Waals surface area contributed by atoms with Crippen LogP contribution in [0.4, 0.5) is 32.2 Å². The molecule has 0 unspecified atom stereocenters. The van der Waals surface area contributed by atoms with Crippen LogP contribution in [0.1, 0.15) is 52.5 Å². The van der Waals surface area contributed by atoms with Crippen LogP contribution in [0.25, 0.3) is 11.3 Å². The molecule has 4 N–H and O–H groups in total. The molecule has 6 nitrogen and oxygen atoms in total. The van der Waals surface area contributed by atoms with Gasteiger partial charge in [-0.15, -0.1) is 0 Å². The SMILES string of the molecule is CC(C)n1nc(-c2ccc(CC(=O)Cc3cc(C(F)(F)F)cc(C(F)(F)F)c3)cc2)c(C(N)=O)c1N. The maximum absolute atomic E-state index is 13.1. The van der Waals surface area contributed by atoms with Gasteiger partial charge in [0.05, 0.1) is 11.1 Å². The maximum atomic E-state index is 13.1. The van der Waals surface area contributed by atoms with Crippen LogP contribution in [0, 0.1) is 0 Å². The predicted molar refractivity (Wildman–Crippen MR) is 120 cm³/mol. The zero-order valence-electron chi connectivity index (χ0n) is 19.2. The standard InChI is InChI=1S/C24H22F6N4O2/c1-12(2)34-21(31)19(22(32)36)20(33-34)15-5-3-13(4-6-15)9-18(35)10-14-7-16(23(25,26)27)11-17(8-14)24(28,29)30/h3-8,11-12H,9-10,31H2,1-2H3,(H2,32,36). The third kappa shape index (κ3) is 5.86. The number of amides is 1. The van der Waals surface area contributed by atoms with Crippen LogP contribution in [0.2, 0.25) is 0 Å². The van der Waals surface area contributed by atoms with Crippen LogP contribution in [0.15, 0.2) is 42.5 Å². The summed E-state index contributed by atoms with van der Waals surface area (Å²) >= 11 is 0. The average Bonchev–Trinajstić information content (AvgIpc) is 3.10. The Bertz CT molecular complexity index is 1260. The van der Waals surface area contributed by atoms with Crippen molar-refractivity contribution in [3.05, 3.63) is 70.3 Å². The number of halogens is 6. The van der Waals surface area contributed by atoms with E-state index in [1.165, 1.54) is 16.8 Å². The van der Waals surface area contributed by atoms with Gasteiger partial charge in [-0.1, -0.05) is 24.3 Å². The second kappa shape index (κ2) is 9.67. The lowest BCUT2D eigenvalue weighted by Crippen LogP contribution is -2.15. The summed E-state index contributed by atoms with van der Waals surface area (Å²) in [6, 6.07) is 7.14. The first-order valence-electron chi connectivity index (χ1n) is 10.6. The fourth-order valence-electron chi connectivity index (χ4n) is 3.71. The Morgan fingerprint density at radius 2 is 1.39 bits per heavy atom. The number of nitrogen functional groups attached to an aromatic ring is 1. The average molecular weight is 512 g/mol. The Morgan fingerprint density at radius 1 is 0.889 bits per heavy atom. The summed E-state index contributed by atoms with van der Waals surface area (Å²) in [5, 5.41) is 4.34. The topological polar surface area (TPSA) is 104 Å². The molecule has 12 heteroatoms. The summed E-state index contributed by atoms with van der Waals surface area (Å²) in [5.74, 6) is -1.25. The Hall–Kier alpha value is -3.83. The number of carbonyl (C=O) groups excluding carboxylic acids is 2. The number of carbonyl (C=O) groups is 2. The Balaban J connectivity index is 1.83. The molecule has 0 atom stereocenters. The molecule has 3 rings (SSSR count). The first-order chi connectivity index (χ1) is 16.6. The van der Waals surface area contributed by atoms with Crippen molar-refractivity contribution < 1.29 is 35.9 Å². The lowest BCUT2D eigenvalue weighted by Gasteiger charge is -2.14. The van der Waals surface area contributed by atoms with Crippen molar-refractivity contribution in [2.24, 2.45) is 5.73 Å². The van der Waals surface area contributed by atoms with E-state index in [1.54, 1.807) is 12.1 Å². The Kier molecular flexibility index (Phi) is 7.19. The minimum absolute atomic E-state index is 0.0143. The van der Waals surface area contributed by atoms with Gasteiger partial charge in [-0.25, -0.2) is 4.68 Å². The molecular formula is C24H22F6N4O2. The van der Waals surface area contributed by atoms with E-state index in [2.05, 4.69) is 5.10 Å². The smallest absolute Gasteiger partial charge is 0.383 e. The molecule has 0 saturated heterocycles. The van der Waals surface area contributed by atoms with Gasteiger partial charge in [-0.05, 0) is 43.2 Å². The van der Waals surface area contributed by atoms with E-state index in [9.17, 15) is 35.9 Å². The molecule has 0 bridgehead atoms. The molecule has 36 heavy (non-hydrogen) atoms. The van der Waals surface area contributed by atoms with E-state index < -0.39 is 41.6 Å². The molecule has 1 heterocycles. The number of nitrogens with zero attached hydrogens (tertiary/aromatic N) is 2. The number of Topliss-reactive ketones (excluding diaryl/α,β-unsaturated/α-hetero) is 1. The third-order valence-electron chi connectivity index (χ3n) is 5.36. The zero-order chi connectivity index (χ0) is 27.0. The van der Waals surface area contributed by atoms with E-state index in [1.807, 2.05) is 13.8 Å². The number of benzene rings is 2. The third-order valence-corrected chi connectivity index (χ3v) is 5.36. The van der Waals surface area contributed by atoms with Gasteiger partial charge in [-0.3, -0.25) is 9.59 Å². The maximum Gasteiger partial charge on any atom is 0.416 e. The Morgan fingerprint density at radius 3 is 1.83 bits per heavy atom. The highest BCUT2D eigenvalue weighted by Crippen LogP contribution is 2.36. The number of rotatable bonds is 7. The molecule has 1 amide bonds. The fourth-order valence-corrected chi connectivity index (χ4v) is 3.71. The second-order valence-electron chi connectivity index (χ2n) is 8.51. The van der Waals surface area contributed by atoms with Crippen molar-refractivity contribution in [3.8, 4) is 11.3 Å². The van der Waals surface area contributed by atoms with E-state index in [0.29, 0.717) is 23.3 Å². The molecule has 2 aromatic carbocycles. The number of hydrogen-bond donors (Lipinski definition) is 2. The lowest BCUT2D eigenvalue weighted by molar-refractivity contribution is -0.143. The van der Waals surface area contributed by atoms with Crippen LogP contribution in [-0.2, 0) is 30.0 Å². The minimum Gasteiger partial charge on any atom is -0.383 e. The van der Waals surface area contributed by atoms with Crippen molar-refractivity contribution in [1.82, 2.24) is 9.78 Å². The molecule has 1 aromatic heterocycles. The molecule has 0 saturated carbocycles. The van der Waals surface area contributed by atoms with E-state index in [0.717, 1.165) is 0 Å². The van der Waals surface area contributed by atoms with Crippen molar-refractivity contribution >= 4 is 17.5 Å². The summed E-state index contributed by atoms with van der Waals surface area (Å²) in [4.78, 5) is 24.4. The first kappa shape index (κ1) is 26.8. The van der Waals surface area contributed by atoms with Crippen molar-refractivity contribution in [3.63, 3.8) is 0 Å². The number of primary amides is 1. The quantitative estimate of drug-likeness (QED) is 0.425. The van der Waals surface area contributed by atoms with Gasteiger partial charge in [-0.2, -0.15) is 31.4 Å². The van der Waals surface area contributed by atoms with Crippen molar-refractivity contribution in [1.29, 1.82) is 0 Å². The Labute approximate surface area is 201 Å². The number of alkyl halides is 6. The summed E-state index contributed by atoms with van der Waals surface area (Å²) in [6.45, 7) is 3.63. The van der Waals surface area contributed by atoms with Crippen molar-refractivity contribution in [2.75, 3.05) is 5.73 Å². The van der Waals surface area contributed by atoms with Crippen LogP contribution in [-0.4, -0.2) is 21.5 Å². The molecule has 192 valence electrons. The van der Waals surface area contributed by atoms with E-state index >= 15 is 0 Å². The van der Waals surface area contributed by atoms with Gasteiger partial charge in [0.1, 0.15) is 22.9 Å². The van der Waals surface area contributed by atoms with Gasteiger partial charge in [0, 0.05) is 24.4 Å². The number of ketones is 1. The molecule has 0 spiro atoms. The summed E-state index contributed by atoms with van der Waals surface area (Å²) in [7, 11) is 0. The largest absolute Gasteiger partial charge is 0.416 e. The molecular weight excluding hydrogens is 490 g/mol. The number of hydrogen-bond acceptors (Lipinski definition) is 4. The van der Waals surface area contributed by atoms with Crippen LogP contribution in [0.5, 0.6) is 0 Å². The molecule has 0 aliphatic rings. The summed E-state index contributed by atoms with van der Waals surface area (Å²) in [5.41, 5.74) is 9.34. The highest BCUT2D eigenvalue weighted by Gasteiger charge is 2.37. The van der Waals surface area contributed by atoms with Crippen LogP contribution in [0.3, 0.4) is 0 Å². The van der Waals surface area contributed by atoms with Crippen LogP contribution < -0.4 is 11.5 Å². The van der Waals surface area contributed by atoms with Crippen molar-refractivity contribution in [2.45, 2.75) is 45.1 Å². The lowest BCUT2D eigenvalue weighted by atomic mass is 9.97. The monoisotopic (exact) mass is 512 g/mol. The highest BCUT2D eigenvalue weighted by atomic mass is 19.4. The van der Waals surface area contributed by atoms with Gasteiger partial charge < -0.3 is 11.5 Å². The van der Waals surface area contributed by atoms with Crippen LogP contribution >= 0.6 is 0 Å². The predicted octanol–water partition coefficient (Wildman–Crippen LogP) is 5.20. The summed E-state index contributed by atoms with van der Waals surface area (Å²) < 4.78 is 79.7. The fraction of sp³-hybridized carbons (Fsp3) is 0.292. The number of aromatic nitrogens is 2. The molecule has 0 fully saturated rings. The van der Waals surface area contributed by atoms with Gasteiger partial charge in [0.15, 0.2) is 0 Å². The van der Waals surface area contributed by atoms with Gasteiger partial charge in [0.25, 0.3) is 5.91 Å². The normalized spacial score (nSPS) is 12.2.